The van der Waals surface area contributed by atoms with Crippen LogP contribution in [0.15, 0.2) is 44.7 Å². The maximum Gasteiger partial charge on any atom is 0.313 e. The summed E-state index contributed by atoms with van der Waals surface area (Å²) in [4.78, 5) is 28.8. The molecule has 0 spiro atoms. The smallest absolute Gasteiger partial charge is 0.313 e. The van der Waals surface area contributed by atoms with Gasteiger partial charge in [-0.15, -0.1) is 0 Å². The molecule has 0 aliphatic heterocycles. The second-order valence-corrected chi connectivity index (χ2v) is 10.4. The van der Waals surface area contributed by atoms with Crippen molar-refractivity contribution in [2.75, 3.05) is 6.61 Å². The summed E-state index contributed by atoms with van der Waals surface area (Å²) in [7, 11) is 0. The Labute approximate surface area is 204 Å². The van der Waals surface area contributed by atoms with Gasteiger partial charge in [0.2, 0.25) is 5.75 Å². The van der Waals surface area contributed by atoms with E-state index in [1.54, 1.807) is 12.1 Å². The third kappa shape index (κ3) is 5.78. The molecule has 0 amide bonds. The second kappa shape index (κ2) is 9.61. The van der Waals surface area contributed by atoms with Crippen LogP contribution in [0.2, 0.25) is 5.02 Å². The SMILES string of the molecule is CC(C)c1nc2ccc(Br)cc2c(=O)n1N=Cc1cc(Cl)c(OCC(C)(C)C)c([N+](=O)[O-])c1. The molecule has 0 radical (unpaired) electrons. The quantitative estimate of drug-likeness (QED) is 0.214. The minimum Gasteiger partial charge on any atom is -0.485 e. The van der Waals surface area contributed by atoms with E-state index in [2.05, 4.69) is 26.0 Å². The molecule has 8 nitrogen and oxygen atoms in total. The highest BCUT2D eigenvalue weighted by molar-refractivity contribution is 9.10. The normalized spacial score (nSPS) is 12.1. The molecule has 3 aromatic rings. The predicted molar refractivity (Wildman–Crippen MR) is 134 cm³/mol. The van der Waals surface area contributed by atoms with Gasteiger partial charge in [-0.25, -0.2) is 4.98 Å². The average Bonchev–Trinajstić information content (AvgIpc) is 2.71. The molecule has 1 heterocycles. The fraction of sp³-hybridized carbons (Fsp3) is 0.348. The first-order valence-corrected chi connectivity index (χ1v) is 11.4. The van der Waals surface area contributed by atoms with Crippen molar-refractivity contribution in [1.29, 1.82) is 0 Å². The summed E-state index contributed by atoms with van der Waals surface area (Å²) in [6, 6.07) is 8.10. The van der Waals surface area contributed by atoms with Crippen LogP contribution in [-0.4, -0.2) is 27.4 Å². The first kappa shape index (κ1) is 24.9. The first-order chi connectivity index (χ1) is 15.4. The Kier molecular flexibility index (Phi) is 7.23. The molecular weight excluding hydrogens is 512 g/mol. The molecule has 0 saturated heterocycles. The van der Waals surface area contributed by atoms with Crippen molar-refractivity contribution in [1.82, 2.24) is 9.66 Å². The van der Waals surface area contributed by atoms with Crippen molar-refractivity contribution in [3.63, 3.8) is 0 Å². The fourth-order valence-corrected chi connectivity index (χ4v) is 3.66. The number of nitro groups is 1. The lowest BCUT2D eigenvalue weighted by atomic mass is 9.99. The summed E-state index contributed by atoms with van der Waals surface area (Å²) < 4.78 is 7.61. The van der Waals surface area contributed by atoms with Gasteiger partial charge in [0.05, 0.1) is 33.7 Å². The predicted octanol–water partition coefficient (Wildman–Crippen LogP) is 6.15. The lowest BCUT2D eigenvalue weighted by molar-refractivity contribution is -0.385. The highest BCUT2D eigenvalue weighted by atomic mass is 79.9. The standard InChI is InChI=1S/C23H24BrClN4O4/c1-13(2)21-27-18-7-6-15(24)10-16(18)22(30)28(21)26-11-14-8-17(25)20(19(9-14)29(31)32)33-12-23(3,4)5/h6-11,13H,12H2,1-5H3. The molecule has 2 aromatic carbocycles. The minimum absolute atomic E-state index is 0.00556. The van der Waals surface area contributed by atoms with E-state index in [9.17, 15) is 14.9 Å². The van der Waals surface area contributed by atoms with Gasteiger partial charge >= 0.3 is 5.69 Å². The summed E-state index contributed by atoms with van der Waals surface area (Å²) in [5.74, 6) is 0.386. The number of halogens is 2. The molecule has 33 heavy (non-hydrogen) atoms. The molecule has 1 aromatic heterocycles. The topological polar surface area (TPSA) is 99.6 Å². The first-order valence-electron chi connectivity index (χ1n) is 10.2. The molecule has 10 heteroatoms. The van der Waals surface area contributed by atoms with Crippen molar-refractivity contribution in [2.24, 2.45) is 10.5 Å². The van der Waals surface area contributed by atoms with Crippen molar-refractivity contribution >= 4 is 50.3 Å². The summed E-state index contributed by atoms with van der Waals surface area (Å²) >= 11 is 9.69. The maximum absolute atomic E-state index is 13.1. The van der Waals surface area contributed by atoms with E-state index >= 15 is 0 Å². The van der Waals surface area contributed by atoms with E-state index < -0.39 is 4.92 Å². The number of rotatable bonds is 6. The third-order valence-electron chi connectivity index (χ3n) is 4.56. The second-order valence-electron chi connectivity index (χ2n) is 9.11. The summed E-state index contributed by atoms with van der Waals surface area (Å²) in [5.41, 5.74) is 0.101. The van der Waals surface area contributed by atoms with Crippen LogP contribution >= 0.6 is 27.5 Å². The molecule has 0 aliphatic carbocycles. The van der Waals surface area contributed by atoms with Crippen molar-refractivity contribution in [3.05, 3.63) is 71.7 Å². The highest BCUT2D eigenvalue weighted by Gasteiger charge is 2.23. The lowest BCUT2D eigenvalue weighted by Gasteiger charge is -2.19. The van der Waals surface area contributed by atoms with Gasteiger partial charge in [0.25, 0.3) is 5.56 Å². The Hall–Kier alpha value is -2.78. The molecule has 0 aliphatic rings. The van der Waals surface area contributed by atoms with Crippen molar-refractivity contribution < 1.29 is 9.66 Å². The van der Waals surface area contributed by atoms with Crippen molar-refractivity contribution in [2.45, 2.75) is 40.5 Å². The number of fused-ring (bicyclic) bond motifs is 1. The van der Waals surface area contributed by atoms with E-state index in [1.165, 1.54) is 23.0 Å². The Morgan fingerprint density at radius 2 is 2.00 bits per heavy atom. The van der Waals surface area contributed by atoms with Gasteiger partial charge in [-0.1, -0.05) is 62.1 Å². The van der Waals surface area contributed by atoms with Crippen LogP contribution in [0.4, 0.5) is 5.69 Å². The molecule has 0 atom stereocenters. The largest absolute Gasteiger partial charge is 0.485 e. The number of hydrogen-bond acceptors (Lipinski definition) is 6. The number of aromatic nitrogens is 2. The molecule has 3 rings (SSSR count). The Morgan fingerprint density at radius 1 is 1.30 bits per heavy atom. The average molecular weight is 536 g/mol. The van der Waals surface area contributed by atoms with Gasteiger partial charge in [0.1, 0.15) is 5.82 Å². The van der Waals surface area contributed by atoms with Crippen LogP contribution in [0.25, 0.3) is 10.9 Å². The van der Waals surface area contributed by atoms with E-state index in [0.717, 1.165) is 4.47 Å². The minimum atomic E-state index is -0.554. The molecular formula is C23H24BrClN4O4. The summed E-state index contributed by atoms with van der Waals surface area (Å²) in [6.45, 7) is 9.92. The third-order valence-corrected chi connectivity index (χ3v) is 5.34. The monoisotopic (exact) mass is 534 g/mol. The zero-order chi connectivity index (χ0) is 24.5. The van der Waals surface area contributed by atoms with Gasteiger partial charge in [0, 0.05) is 22.0 Å². The molecule has 0 bridgehead atoms. The summed E-state index contributed by atoms with van der Waals surface area (Å²) in [5, 5.41) is 16.5. The van der Waals surface area contributed by atoms with Gasteiger partial charge in [-0.2, -0.15) is 9.78 Å². The van der Waals surface area contributed by atoms with Gasteiger partial charge in [-0.3, -0.25) is 14.9 Å². The number of nitrogens with zero attached hydrogens (tertiary/aromatic N) is 4. The van der Waals surface area contributed by atoms with E-state index in [0.29, 0.717) is 22.3 Å². The van der Waals surface area contributed by atoms with Crippen LogP contribution in [0, 0.1) is 15.5 Å². The number of nitro benzene ring substituents is 1. The zero-order valence-electron chi connectivity index (χ0n) is 18.9. The highest BCUT2D eigenvalue weighted by Crippen LogP contribution is 2.37. The van der Waals surface area contributed by atoms with Crippen LogP contribution in [0.5, 0.6) is 5.75 Å². The van der Waals surface area contributed by atoms with E-state index in [-0.39, 0.29) is 40.0 Å². The van der Waals surface area contributed by atoms with E-state index in [4.69, 9.17) is 16.3 Å². The van der Waals surface area contributed by atoms with Gasteiger partial charge in [0.15, 0.2) is 0 Å². The van der Waals surface area contributed by atoms with Crippen molar-refractivity contribution in [3.8, 4) is 5.75 Å². The zero-order valence-corrected chi connectivity index (χ0v) is 21.3. The van der Waals surface area contributed by atoms with Crippen LogP contribution in [0.3, 0.4) is 0 Å². The van der Waals surface area contributed by atoms with Gasteiger partial charge < -0.3 is 4.74 Å². The number of ether oxygens (including phenoxy) is 1. The lowest BCUT2D eigenvalue weighted by Crippen LogP contribution is -2.23. The Morgan fingerprint density at radius 3 is 2.61 bits per heavy atom. The number of benzene rings is 2. The number of hydrogen-bond donors (Lipinski definition) is 0. The van der Waals surface area contributed by atoms with Gasteiger partial charge in [-0.05, 0) is 29.7 Å². The van der Waals surface area contributed by atoms with Crippen LogP contribution in [-0.2, 0) is 0 Å². The summed E-state index contributed by atoms with van der Waals surface area (Å²) in [6.07, 6.45) is 1.35. The van der Waals surface area contributed by atoms with Crippen LogP contribution in [0.1, 0.15) is 51.9 Å². The fourth-order valence-electron chi connectivity index (χ4n) is 3.02. The molecule has 0 saturated carbocycles. The Balaban J connectivity index is 2.09. The molecule has 0 fully saturated rings. The maximum atomic E-state index is 13.1. The van der Waals surface area contributed by atoms with E-state index in [1.807, 2.05) is 40.7 Å². The molecule has 174 valence electrons. The molecule has 0 unspecified atom stereocenters. The molecule has 0 N–H and O–H groups in total. The van der Waals surface area contributed by atoms with Crippen LogP contribution < -0.4 is 10.3 Å². The Bertz CT molecular complexity index is 1310.